The van der Waals surface area contributed by atoms with E-state index in [-0.39, 0.29) is 5.82 Å². The highest BCUT2D eigenvalue weighted by Gasteiger charge is 2.42. The normalized spacial score (nSPS) is 25.7. The first-order chi connectivity index (χ1) is 9.61. The molecule has 2 rings (SSSR count). The van der Waals surface area contributed by atoms with E-state index in [1.807, 2.05) is 6.07 Å². The SMILES string of the molecule is CCC1CCC(Nc2nnccc2C#N)(C(=O)O)CC1. The van der Waals surface area contributed by atoms with Crippen LogP contribution < -0.4 is 5.32 Å². The third kappa shape index (κ3) is 2.72. The molecule has 0 saturated heterocycles. The van der Waals surface area contributed by atoms with Gasteiger partial charge in [-0.2, -0.15) is 10.4 Å². The second-order valence-corrected chi connectivity index (χ2v) is 5.27. The molecule has 20 heavy (non-hydrogen) atoms. The number of rotatable bonds is 4. The van der Waals surface area contributed by atoms with Crippen LogP contribution in [0.4, 0.5) is 5.82 Å². The number of hydrogen-bond donors (Lipinski definition) is 2. The van der Waals surface area contributed by atoms with Crippen LogP contribution in [0.2, 0.25) is 0 Å². The highest BCUT2D eigenvalue weighted by molar-refractivity contribution is 5.83. The molecule has 0 unspecified atom stereocenters. The van der Waals surface area contributed by atoms with Gasteiger partial charge in [-0.25, -0.2) is 4.79 Å². The van der Waals surface area contributed by atoms with Crippen LogP contribution in [0.25, 0.3) is 0 Å². The number of carboxylic acids is 1. The Morgan fingerprint density at radius 1 is 1.60 bits per heavy atom. The maximum Gasteiger partial charge on any atom is 0.329 e. The second kappa shape index (κ2) is 5.87. The van der Waals surface area contributed by atoms with Gasteiger partial charge in [-0.3, -0.25) is 0 Å². The van der Waals surface area contributed by atoms with Gasteiger partial charge in [0.2, 0.25) is 0 Å². The van der Waals surface area contributed by atoms with E-state index in [2.05, 4.69) is 22.4 Å². The average molecular weight is 274 g/mol. The maximum absolute atomic E-state index is 11.7. The molecule has 1 heterocycles. The fourth-order valence-corrected chi connectivity index (χ4v) is 2.71. The van der Waals surface area contributed by atoms with Crippen LogP contribution in [0.1, 0.15) is 44.6 Å². The Morgan fingerprint density at radius 3 is 2.85 bits per heavy atom. The van der Waals surface area contributed by atoms with Crippen LogP contribution in [0.5, 0.6) is 0 Å². The van der Waals surface area contributed by atoms with Crippen molar-refractivity contribution in [3.8, 4) is 6.07 Å². The zero-order valence-electron chi connectivity index (χ0n) is 11.5. The Labute approximate surface area is 117 Å². The summed E-state index contributed by atoms with van der Waals surface area (Å²) in [7, 11) is 0. The van der Waals surface area contributed by atoms with E-state index < -0.39 is 11.5 Å². The summed E-state index contributed by atoms with van der Waals surface area (Å²) in [5, 5.41) is 29.2. The molecule has 0 bridgehead atoms. The van der Waals surface area contributed by atoms with Gasteiger partial charge in [-0.1, -0.05) is 13.3 Å². The Balaban J connectivity index is 2.23. The van der Waals surface area contributed by atoms with E-state index in [0.29, 0.717) is 24.3 Å². The van der Waals surface area contributed by atoms with Gasteiger partial charge in [-0.05, 0) is 37.7 Å². The number of hydrogen-bond acceptors (Lipinski definition) is 5. The van der Waals surface area contributed by atoms with Gasteiger partial charge in [0.05, 0.1) is 11.8 Å². The number of carbonyl (C=O) groups is 1. The Bertz CT molecular complexity index is 530. The quantitative estimate of drug-likeness (QED) is 0.873. The van der Waals surface area contributed by atoms with E-state index in [9.17, 15) is 9.90 Å². The fourth-order valence-electron chi connectivity index (χ4n) is 2.71. The van der Waals surface area contributed by atoms with Crippen molar-refractivity contribution in [2.24, 2.45) is 5.92 Å². The molecule has 0 aromatic carbocycles. The van der Waals surface area contributed by atoms with E-state index in [1.54, 1.807) is 0 Å². The lowest BCUT2D eigenvalue weighted by Crippen LogP contribution is -2.49. The van der Waals surface area contributed by atoms with Gasteiger partial charge in [-0.15, -0.1) is 5.10 Å². The predicted octanol–water partition coefficient (Wildman–Crippen LogP) is 2.18. The van der Waals surface area contributed by atoms with E-state index >= 15 is 0 Å². The molecule has 0 aliphatic heterocycles. The van der Waals surface area contributed by atoms with Gasteiger partial charge < -0.3 is 10.4 Å². The molecule has 1 saturated carbocycles. The largest absolute Gasteiger partial charge is 0.480 e. The Morgan fingerprint density at radius 2 is 2.30 bits per heavy atom. The number of nitriles is 1. The van der Waals surface area contributed by atoms with E-state index in [0.717, 1.165) is 19.3 Å². The van der Waals surface area contributed by atoms with Gasteiger partial charge in [0, 0.05) is 0 Å². The number of aliphatic carboxylic acids is 1. The first-order valence-corrected chi connectivity index (χ1v) is 6.84. The summed E-state index contributed by atoms with van der Waals surface area (Å²) >= 11 is 0. The zero-order valence-corrected chi connectivity index (χ0v) is 11.5. The van der Waals surface area contributed by atoms with Crippen LogP contribution >= 0.6 is 0 Å². The van der Waals surface area contributed by atoms with Crippen LogP contribution in [0.3, 0.4) is 0 Å². The number of aromatic nitrogens is 2. The number of nitrogens with zero attached hydrogens (tertiary/aromatic N) is 3. The molecule has 1 aromatic heterocycles. The molecule has 0 atom stereocenters. The molecular weight excluding hydrogens is 256 g/mol. The lowest BCUT2D eigenvalue weighted by molar-refractivity contribution is -0.143. The van der Waals surface area contributed by atoms with E-state index in [4.69, 9.17) is 5.26 Å². The summed E-state index contributed by atoms with van der Waals surface area (Å²) in [4.78, 5) is 11.7. The molecule has 1 aliphatic carbocycles. The monoisotopic (exact) mass is 274 g/mol. The summed E-state index contributed by atoms with van der Waals surface area (Å²) in [6.45, 7) is 2.13. The van der Waals surface area contributed by atoms with Gasteiger partial charge in [0.15, 0.2) is 5.82 Å². The Hall–Kier alpha value is -2.16. The minimum Gasteiger partial charge on any atom is -0.480 e. The van der Waals surface area contributed by atoms with Crippen molar-refractivity contribution >= 4 is 11.8 Å². The first kappa shape index (κ1) is 14.3. The minimum atomic E-state index is -1.03. The highest BCUT2D eigenvalue weighted by Crippen LogP contribution is 2.36. The molecule has 1 aromatic rings. The van der Waals surface area contributed by atoms with Gasteiger partial charge in [0.25, 0.3) is 0 Å². The molecule has 0 amide bonds. The lowest BCUT2D eigenvalue weighted by Gasteiger charge is -2.37. The average Bonchev–Trinajstić information content (AvgIpc) is 2.48. The van der Waals surface area contributed by atoms with Crippen LogP contribution in [-0.4, -0.2) is 26.8 Å². The zero-order chi connectivity index (χ0) is 14.6. The van der Waals surface area contributed by atoms with Crippen LogP contribution in [0, 0.1) is 17.2 Å². The van der Waals surface area contributed by atoms with Crippen molar-refractivity contribution in [2.45, 2.75) is 44.6 Å². The molecular formula is C14H18N4O2. The molecule has 0 radical (unpaired) electrons. The number of anilines is 1. The maximum atomic E-state index is 11.7. The van der Waals surface area contributed by atoms with Crippen molar-refractivity contribution in [3.63, 3.8) is 0 Å². The second-order valence-electron chi connectivity index (χ2n) is 5.27. The molecule has 106 valence electrons. The third-order valence-electron chi connectivity index (χ3n) is 4.14. The summed E-state index contributed by atoms with van der Waals surface area (Å²) in [6, 6.07) is 3.53. The first-order valence-electron chi connectivity index (χ1n) is 6.84. The number of carboxylic acid groups (broad SMARTS) is 1. The van der Waals surface area contributed by atoms with Crippen molar-refractivity contribution in [3.05, 3.63) is 17.8 Å². The van der Waals surface area contributed by atoms with Gasteiger partial charge in [0.1, 0.15) is 11.6 Å². The van der Waals surface area contributed by atoms with Crippen molar-refractivity contribution < 1.29 is 9.90 Å². The van der Waals surface area contributed by atoms with Crippen LogP contribution in [0.15, 0.2) is 12.3 Å². The van der Waals surface area contributed by atoms with Crippen molar-refractivity contribution in [2.75, 3.05) is 5.32 Å². The molecule has 0 spiro atoms. The topological polar surface area (TPSA) is 98.9 Å². The minimum absolute atomic E-state index is 0.257. The molecule has 6 heteroatoms. The van der Waals surface area contributed by atoms with Crippen molar-refractivity contribution in [1.82, 2.24) is 10.2 Å². The Kier molecular flexibility index (Phi) is 4.18. The standard InChI is InChI=1S/C14H18N4O2/c1-2-10-3-6-14(7-4-10,13(19)20)17-12-11(9-15)5-8-16-18-12/h5,8,10H,2-4,6-7H2,1H3,(H,17,18)(H,19,20). The van der Waals surface area contributed by atoms with E-state index in [1.165, 1.54) is 12.3 Å². The highest BCUT2D eigenvalue weighted by atomic mass is 16.4. The molecule has 1 aliphatic rings. The summed E-state index contributed by atoms with van der Waals surface area (Å²) in [6.07, 6.45) is 5.33. The summed E-state index contributed by atoms with van der Waals surface area (Å²) < 4.78 is 0. The lowest BCUT2D eigenvalue weighted by atomic mass is 9.75. The number of nitrogens with one attached hydrogen (secondary N) is 1. The summed E-state index contributed by atoms with van der Waals surface area (Å²) in [5.74, 6) is -0.0458. The molecule has 2 N–H and O–H groups in total. The van der Waals surface area contributed by atoms with Crippen LogP contribution in [-0.2, 0) is 4.79 Å². The predicted molar refractivity (Wildman–Crippen MR) is 73.0 cm³/mol. The smallest absolute Gasteiger partial charge is 0.329 e. The molecule has 6 nitrogen and oxygen atoms in total. The summed E-state index contributed by atoms with van der Waals surface area (Å²) in [5.41, 5.74) is -0.717. The van der Waals surface area contributed by atoms with Crippen molar-refractivity contribution in [1.29, 1.82) is 5.26 Å². The van der Waals surface area contributed by atoms with Gasteiger partial charge >= 0.3 is 5.97 Å². The third-order valence-corrected chi connectivity index (χ3v) is 4.14. The molecule has 1 fully saturated rings. The fraction of sp³-hybridized carbons (Fsp3) is 0.571.